The van der Waals surface area contributed by atoms with Gasteiger partial charge in [-0.3, -0.25) is 38.5 Å². The van der Waals surface area contributed by atoms with Gasteiger partial charge in [-0.15, -0.1) is 5.48 Å². The summed E-state index contributed by atoms with van der Waals surface area (Å²) in [6, 6.07) is 3.15. The lowest BCUT2D eigenvalue weighted by atomic mass is 9.82. The number of carbonyl (C=O) groups excluding carboxylic acids is 8. The number of Topliss-reactive ketones (excluding diaryl/α,β-unsaturated/α-hetero) is 1. The Morgan fingerprint density at radius 1 is 0.809 bits per heavy atom. The monoisotopic (exact) mass is 946 g/mol. The molecule has 0 bridgehead atoms. The molecule has 68 heavy (non-hydrogen) atoms. The minimum absolute atomic E-state index is 0.0519. The van der Waals surface area contributed by atoms with Crippen molar-refractivity contribution in [2.45, 2.75) is 135 Å². The molecule has 7 N–H and O–H groups in total. The lowest BCUT2D eigenvalue weighted by Crippen LogP contribution is -2.61. The van der Waals surface area contributed by atoms with Crippen molar-refractivity contribution in [3.05, 3.63) is 48.9 Å². The molecule has 1 saturated heterocycles. The quantitative estimate of drug-likeness (QED) is 0.0747. The molecule has 2 heterocycles. The second-order valence-electron chi connectivity index (χ2n) is 19.4. The summed E-state index contributed by atoms with van der Waals surface area (Å²) in [5, 5.41) is 16.5. The molecule has 1 aromatic heterocycles. The minimum Gasteiger partial charge on any atom is -0.386 e. The van der Waals surface area contributed by atoms with E-state index in [9.17, 15) is 38.4 Å². The summed E-state index contributed by atoms with van der Waals surface area (Å²) in [5.74, 6) is -5.82. The molecule has 5 rings (SSSR count). The molecule has 0 unspecified atom stereocenters. The second-order valence-corrected chi connectivity index (χ2v) is 19.4. The predicted octanol–water partition coefficient (Wildman–Crippen LogP) is 2.61. The van der Waals surface area contributed by atoms with Gasteiger partial charge in [0.1, 0.15) is 18.1 Å². The van der Waals surface area contributed by atoms with Gasteiger partial charge < -0.3 is 46.5 Å². The van der Waals surface area contributed by atoms with Gasteiger partial charge in [-0.25, -0.2) is 9.78 Å². The molecule has 6 atom stereocenters. The fourth-order valence-corrected chi connectivity index (χ4v) is 9.17. The van der Waals surface area contributed by atoms with Gasteiger partial charge in [-0.05, 0) is 61.5 Å². The number of nitrogens with zero attached hydrogens (tertiary/aromatic N) is 4. The molecule has 3 aliphatic rings. The molecular formula is C48H71N11O9. The fourth-order valence-electron chi connectivity index (χ4n) is 9.17. The van der Waals surface area contributed by atoms with E-state index in [1.165, 1.54) is 28.4 Å². The number of likely N-dealkylation sites (tertiary alicyclic amines) is 1. The van der Waals surface area contributed by atoms with E-state index in [1.54, 1.807) is 72.1 Å². The van der Waals surface area contributed by atoms with Gasteiger partial charge in [-0.1, -0.05) is 90.8 Å². The van der Waals surface area contributed by atoms with Crippen LogP contribution in [0.4, 0.5) is 10.5 Å². The van der Waals surface area contributed by atoms with E-state index in [-0.39, 0.29) is 43.1 Å². The molecule has 2 aromatic rings. The van der Waals surface area contributed by atoms with Gasteiger partial charge in [0.25, 0.3) is 11.8 Å². The van der Waals surface area contributed by atoms with Crippen molar-refractivity contribution < 1.29 is 43.2 Å². The maximum atomic E-state index is 14.5. The molecule has 1 aromatic carbocycles. The highest BCUT2D eigenvalue weighted by atomic mass is 16.7. The Morgan fingerprint density at radius 2 is 1.46 bits per heavy atom. The molecule has 1 aliphatic heterocycles. The van der Waals surface area contributed by atoms with Gasteiger partial charge in [0.2, 0.25) is 35.3 Å². The van der Waals surface area contributed by atoms with Crippen LogP contribution in [0.2, 0.25) is 0 Å². The Kier molecular flexibility index (Phi) is 19.6. The van der Waals surface area contributed by atoms with E-state index in [1.807, 2.05) is 0 Å². The number of amides is 8. The number of nitrogens with one attached hydrogen (secondary N) is 7. The average molecular weight is 946 g/mol. The van der Waals surface area contributed by atoms with Crippen molar-refractivity contribution >= 4 is 52.9 Å². The largest absolute Gasteiger partial charge is 0.386 e. The third kappa shape index (κ3) is 15.2. The van der Waals surface area contributed by atoms with Crippen molar-refractivity contribution in [2.75, 3.05) is 39.0 Å². The van der Waals surface area contributed by atoms with Gasteiger partial charge in [0.05, 0.1) is 30.7 Å². The first-order valence-electron chi connectivity index (χ1n) is 24.0. The van der Waals surface area contributed by atoms with E-state index in [0.29, 0.717) is 12.1 Å². The highest BCUT2D eigenvalue weighted by molar-refractivity contribution is 6.38. The first-order valence-corrected chi connectivity index (χ1v) is 24.0. The molecule has 0 radical (unpaired) electrons. The number of aromatic nitrogens is 2. The Morgan fingerprint density at radius 3 is 2.04 bits per heavy atom. The summed E-state index contributed by atoms with van der Waals surface area (Å²) in [5.41, 5.74) is 2.55. The summed E-state index contributed by atoms with van der Waals surface area (Å²) in [6.07, 6.45) is 13.8. The maximum Gasteiger partial charge on any atom is 0.321 e. The average Bonchev–Trinajstić information content (AvgIpc) is 3.76. The van der Waals surface area contributed by atoms with Crippen LogP contribution in [-0.2, 0) is 33.6 Å². The Hall–Kier alpha value is -6.18. The molecule has 3 fully saturated rings. The van der Waals surface area contributed by atoms with Crippen LogP contribution >= 0.6 is 0 Å². The molecule has 0 spiro atoms. The van der Waals surface area contributed by atoms with E-state index in [4.69, 9.17) is 4.84 Å². The van der Waals surface area contributed by atoms with Gasteiger partial charge in [0.15, 0.2) is 0 Å². The molecule has 20 nitrogen and oxygen atoms in total. The number of ketones is 1. The maximum absolute atomic E-state index is 14.5. The Labute approximate surface area is 399 Å². The molecule has 2 saturated carbocycles. The van der Waals surface area contributed by atoms with Crippen molar-refractivity contribution in [1.82, 2.24) is 51.8 Å². The van der Waals surface area contributed by atoms with Crippen LogP contribution in [0.5, 0.6) is 5.88 Å². The summed E-state index contributed by atoms with van der Waals surface area (Å²) in [4.78, 5) is 126. The lowest BCUT2D eigenvalue weighted by Gasteiger charge is -2.35. The molecule has 2 aliphatic carbocycles. The molecular weight excluding hydrogens is 875 g/mol. The van der Waals surface area contributed by atoms with Gasteiger partial charge >= 0.3 is 6.03 Å². The first-order chi connectivity index (χ1) is 32.5. The lowest BCUT2D eigenvalue weighted by molar-refractivity contribution is -0.141. The van der Waals surface area contributed by atoms with Gasteiger partial charge in [-0.2, -0.15) is 0 Å². The van der Waals surface area contributed by atoms with E-state index < -0.39 is 89.4 Å². The number of urea groups is 1. The van der Waals surface area contributed by atoms with Gasteiger partial charge in [0, 0.05) is 45.3 Å². The van der Waals surface area contributed by atoms with Crippen LogP contribution in [-0.4, -0.2) is 131 Å². The zero-order valence-corrected chi connectivity index (χ0v) is 40.3. The number of likely N-dealkylation sites (N-methyl/N-ethyl adjacent to an activating group) is 1. The summed E-state index contributed by atoms with van der Waals surface area (Å²) in [7, 11) is 3.22. The number of benzene rings is 1. The summed E-state index contributed by atoms with van der Waals surface area (Å²) in [6.45, 7) is 6.32. The number of hydroxylamine groups is 1. The van der Waals surface area contributed by atoms with Crippen molar-refractivity contribution in [2.24, 2.45) is 23.2 Å². The van der Waals surface area contributed by atoms with Crippen molar-refractivity contribution in [3.8, 4) is 5.88 Å². The number of hydrogen-bond donors (Lipinski definition) is 7. The van der Waals surface area contributed by atoms with Crippen LogP contribution < -0.4 is 42.2 Å². The van der Waals surface area contributed by atoms with Crippen molar-refractivity contribution in [1.29, 1.82) is 0 Å². The summed E-state index contributed by atoms with van der Waals surface area (Å²) >= 11 is 0. The Bertz CT molecular complexity index is 2040. The number of rotatable bonds is 20. The normalized spacial score (nSPS) is 19.5. The zero-order chi connectivity index (χ0) is 49.4. The Balaban J connectivity index is 1.30. The first kappa shape index (κ1) is 52.8. The number of hydrogen-bond acceptors (Lipinski definition) is 12. The smallest absolute Gasteiger partial charge is 0.321 e. The second kappa shape index (κ2) is 25.3. The SMILES string of the molecule is CCC[C@H](NC(=O)[C@@H]1CN(C(=O)Nc2ccccc2)C[C@@H]1NC(=O)[C@@H](NC(=O)[C@@H](NOc1cnccn1)C1CCCCC1)C(C)(C)C)C(=O)C(=O)NCC(=O)N[C@H](C(=O)N(C)C)C1CCCCC1. The van der Waals surface area contributed by atoms with Crippen LogP contribution in [0.1, 0.15) is 105 Å². The summed E-state index contributed by atoms with van der Waals surface area (Å²) < 4.78 is 0. The third-order valence-electron chi connectivity index (χ3n) is 12.9. The minimum atomic E-state index is -1.31. The standard InChI is InChI=1S/C48H71N11O9/c1-7-17-34(40(61)44(64)51-26-36(60)55-39(46(66)58(5)6)31-20-13-9-14-21-31)53-42(62)33-28-59(47(67)52-32-22-15-10-16-23-32)29-35(33)54-45(65)41(48(2,3)4)56-43(63)38(30-18-11-8-12-19-30)57-68-37-27-49-24-25-50-37/h10,15-16,22-25,27,30-31,33-35,38-39,41,57H,7-9,11-14,17-21,26,28-29H2,1-6H3,(H,51,64)(H,52,67)(H,53,62)(H,54,65)(H,55,60)(H,56,63)/t33-,34+,35+,38+,39+,41-/m1/s1. The van der Waals surface area contributed by atoms with Crippen molar-refractivity contribution in [3.63, 3.8) is 0 Å². The number of para-hydroxylation sites is 1. The van der Waals surface area contributed by atoms with E-state index in [2.05, 4.69) is 47.3 Å². The highest BCUT2D eigenvalue weighted by Gasteiger charge is 2.45. The predicted molar refractivity (Wildman–Crippen MR) is 252 cm³/mol. The zero-order valence-electron chi connectivity index (χ0n) is 40.3. The topological polar surface area (TPSA) is 262 Å². The van der Waals surface area contributed by atoms with Crippen LogP contribution in [0.25, 0.3) is 0 Å². The van der Waals surface area contributed by atoms with E-state index >= 15 is 0 Å². The third-order valence-corrected chi connectivity index (χ3v) is 12.9. The van der Waals surface area contributed by atoms with E-state index in [0.717, 1.165) is 64.2 Å². The molecule has 8 amide bonds. The molecule has 372 valence electrons. The fraction of sp³-hybridized carbons (Fsp3) is 0.625. The molecule has 20 heteroatoms. The van der Waals surface area contributed by atoms with Crippen LogP contribution in [0.15, 0.2) is 48.9 Å². The highest BCUT2D eigenvalue weighted by Crippen LogP contribution is 2.29. The van der Waals surface area contributed by atoms with Crippen LogP contribution in [0.3, 0.4) is 0 Å². The van der Waals surface area contributed by atoms with Crippen LogP contribution in [0, 0.1) is 23.2 Å². The number of anilines is 1. The number of carbonyl (C=O) groups is 8.